The summed E-state index contributed by atoms with van der Waals surface area (Å²) in [6, 6.07) is 11.8. The fourth-order valence-electron chi connectivity index (χ4n) is 2.81. The summed E-state index contributed by atoms with van der Waals surface area (Å²) in [4.78, 5) is 0. The predicted molar refractivity (Wildman–Crippen MR) is 107 cm³/mol. The van der Waals surface area contributed by atoms with E-state index in [1.54, 1.807) is 12.1 Å². The first-order valence-corrected chi connectivity index (χ1v) is 9.22. The van der Waals surface area contributed by atoms with Gasteiger partial charge < -0.3 is 0 Å². The summed E-state index contributed by atoms with van der Waals surface area (Å²) in [7, 11) is 0. The molecule has 0 N–H and O–H groups in total. The molecule has 3 rings (SSSR count). The minimum Gasteiger partial charge on any atom is -0.166 e. The molecule has 0 aliphatic rings. The second-order valence-corrected chi connectivity index (χ2v) is 7.58. The zero-order valence-electron chi connectivity index (χ0n) is 13.8. The van der Waals surface area contributed by atoms with E-state index >= 15 is 0 Å². The largest absolute Gasteiger partial charge is 0.417 e. The van der Waals surface area contributed by atoms with Crippen molar-refractivity contribution < 1.29 is 13.2 Å². The lowest BCUT2D eigenvalue weighted by atomic mass is 9.93. The van der Waals surface area contributed by atoms with Crippen LogP contribution in [0.15, 0.2) is 48.5 Å². The van der Waals surface area contributed by atoms with Crippen LogP contribution in [-0.2, 0) is 6.18 Å². The molecule has 0 saturated heterocycles. The molecule has 0 bridgehead atoms. The lowest BCUT2D eigenvalue weighted by molar-refractivity contribution is -0.137. The summed E-state index contributed by atoms with van der Waals surface area (Å²) in [6.07, 6.45) is -4.61. The number of rotatable bonds is 2. The number of benzene rings is 3. The molecule has 0 amide bonds. The van der Waals surface area contributed by atoms with Crippen molar-refractivity contribution in [2.75, 3.05) is 0 Å². The second-order valence-electron chi connectivity index (χ2n) is 5.95. The monoisotopic (exact) mass is 448 g/mol. The lowest BCUT2D eigenvalue weighted by Gasteiger charge is -2.19. The summed E-state index contributed by atoms with van der Waals surface area (Å²) in [5, 5.41) is 0.692. The normalized spacial score (nSPS) is 11.7. The van der Waals surface area contributed by atoms with Gasteiger partial charge in [0.1, 0.15) is 0 Å². The molecule has 0 nitrogen and oxygen atoms in total. The third kappa shape index (κ3) is 4.07. The third-order valence-corrected chi connectivity index (χ3v) is 5.32. The van der Waals surface area contributed by atoms with Crippen LogP contribution in [0.1, 0.15) is 11.1 Å². The Hall–Kier alpha value is -1.39. The van der Waals surface area contributed by atoms with Crippen molar-refractivity contribution in [2.24, 2.45) is 0 Å². The molecule has 0 radical (unpaired) electrons. The molecular weight excluding hydrogens is 439 g/mol. The molecule has 0 aliphatic heterocycles. The van der Waals surface area contributed by atoms with Gasteiger partial charge in [0, 0.05) is 37.3 Å². The molecule has 0 saturated carbocycles. The lowest BCUT2D eigenvalue weighted by Crippen LogP contribution is -2.08. The highest BCUT2D eigenvalue weighted by Gasteiger charge is 2.36. The van der Waals surface area contributed by atoms with Crippen LogP contribution in [0.3, 0.4) is 0 Å². The molecule has 0 heterocycles. The summed E-state index contributed by atoms with van der Waals surface area (Å²) < 4.78 is 40.9. The number of hydrogen-bond acceptors (Lipinski definition) is 0. The van der Waals surface area contributed by atoms with Crippen molar-refractivity contribution in [3.8, 4) is 22.3 Å². The predicted octanol–water partition coefficient (Wildman–Crippen LogP) is 8.96. The van der Waals surface area contributed by atoms with Gasteiger partial charge in [-0.1, -0.05) is 70.7 Å². The van der Waals surface area contributed by atoms with Gasteiger partial charge in [-0.2, -0.15) is 13.2 Å². The molecule has 0 unspecified atom stereocenters. The van der Waals surface area contributed by atoms with Crippen LogP contribution in [-0.4, -0.2) is 0 Å². The highest BCUT2D eigenvalue weighted by molar-refractivity contribution is 6.40. The Morgan fingerprint density at radius 1 is 0.704 bits per heavy atom. The Morgan fingerprint density at radius 3 is 1.89 bits per heavy atom. The molecule has 0 fully saturated rings. The van der Waals surface area contributed by atoms with E-state index in [0.29, 0.717) is 21.2 Å². The van der Waals surface area contributed by atoms with Gasteiger partial charge in [-0.25, -0.2) is 0 Å². The van der Waals surface area contributed by atoms with Crippen LogP contribution < -0.4 is 0 Å². The second kappa shape index (κ2) is 7.56. The van der Waals surface area contributed by atoms with E-state index in [1.807, 2.05) is 13.0 Å². The summed E-state index contributed by atoms with van der Waals surface area (Å²) >= 11 is 24.8. The van der Waals surface area contributed by atoms with Gasteiger partial charge in [-0.15, -0.1) is 0 Å². The Kier molecular flexibility index (Phi) is 5.69. The van der Waals surface area contributed by atoms with Crippen LogP contribution in [0.4, 0.5) is 13.2 Å². The van der Waals surface area contributed by atoms with E-state index < -0.39 is 11.7 Å². The van der Waals surface area contributed by atoms with E-state index in [2.05, 4.69) is 0 Å². The van der Waals surface area contributed by atoms with Gasteiger partial charge in [0.15, 0.2) is 0 Å². The van der Waals surface area contributed by atoms with Crippen molar-refractivity contribution >= 4 is 46.4 Å². The van der Waals surface area contributed by atoms with Crippen LogP contribution in [0.25, 0.3) is 22.3 Å². The minimum absolute atomic E-state index is 0.0713. The van der Waals surface area contributed by atoms with Gasteiger partial charge in [-0.3, -0.25) is 0 Å². The molecule has 0 aliphatic carbocycles. The maximum Gasteiger partial charge on any atom is 0.417 e. The molecular formula is C20H11Cl4F3. The Bertz CT molecular complexity index is 1030. The maximum atomic E-state index is 13.6. The highest BCUT2D eigenvalue weighted by Crippen LogP contribution is 2.47. The molecule has 3 aromatic carbocycles. The van der Waals surface area contributed by atoms with Crippen LogP contribution in [0.5, 0.6) is 0 Å². The number of aryl methyl sites for hydroxylation is 1. The zero-order chi connectivity index (χ0) is 19.9. The quantitative estimate of drug-likeness (QED) is 0.366. The Morgan fingerprint density at radius 2 is 1.30 bits per heavy atom. The zero-order valence-corrected chi connectivity index (χ0v) is 16.8. The molecule has 3 aromatic rings. The molecule has 140 valence electrons. The Labute approximate surface area is 174 Å². The van der Waals surface area contributed by atoms with E-state index in [-0.39, 0.29) is 21.2 Å². The van der Waals surface area contributed by atoms with Crippen LogP contribution in [0.2, 0.25) is 20.1 Å². The van der Waals surface area contributed by atoms with Crippen molar-refractivity contribution in [2.45, 2.75) is 13.1 Å². The van der Waals surface area contributed by atoms with Crippen LogP contribution >= 0.6 is 46.4 Å². The van der Waals surface area contributed by atoms with Crippen molar-refractivity contribution in [3.63, 3.8) is 0 Å². The average molecular weight is 450 g/mol. The smallest absolute Gasteiger partial charge is 0.166 e. The SMILES string of the molecule is Cc1ccc(-c2ccc(C(F)(F)F)c(-c3ccc(Cl)cc3Cl)c2Cl)c(Cl)c1. The summed E-state index contributed by atoms with van der Waals surface area (Å²) in [5.41, 5.74) is 0.892. The topological polar surface area (TPSA) is 0 Å². The summed E-state index contributed by atoms with van der Waals surface area (Å²) in [6.45, 7) is 1.86. The third-order valence-electron chi connectivity index (χ3n) is 4.06. The minimum atomic E-state index is -4.61. The van der Waals surface area contributed by atoms with Crippen molar-refractivity contribution in [1.82, 2.24) is 0 Å². The van der Waals surface area contributed by atoms with Gasteiger partial charge in [0.25, 0.3) is 0 Å². The average Bonchev–Trinajstić information content (AvgIpc) is 2.55. The van der Waals surface area contributed by atoms with Gasteiger partial charge in [-0.05, 0) is 36.8 Å². The number of hydrogen-bond donors (Lipinski definition) is 0. The first kappa shape index (κ1) is 20.3. The molecule has 27 heavy (non-hydrogen) atoms. The number of halogens is 7. The molecule has 0 atom stereocenters. The first-order chi connectivity index (χ1) is 12.6. The van der Waals surface area contributed by atoms with E-state index in [1.165, 1.54) is 24.3 Å². The standard InChI is InChI=1S/C20H11Cl4F3/c1-10-2-4-12(16(22)8-10)13-6-7-15(20(25,26)27)18(19(13)24)14-5-3-11(21)9-17(14)23/h2-9H,1H3. The molecule has 7 heteroatoms. The van der Waals surface area contributed by atoms with Crippen molar-refractivity contribution in [1.29, 1.82) is 0 Å². The highest BCUT2D eigenvalue weighted by atomic mass is 35.5. The van der Waals surface area contributed by atoms with E-state index in [9.17, 15) is 13.2 Å². The van der Waals surface area contributed by atoms with E-state index in [0.717, 1.165) is 11.6 Å². The van der Waals surface area contributed by atoms with Crippen LogP contribution in [0, 0.1) is 6.92 Å². The number of alkyl halides is 3. The first-order valence-electron chi connectivity index (χ1n) is 7.71. The van der Waals surface area contributed by atoms with Gasteiger partial charge >= 0.3 is 6.18 Å². The van der Waals surface area contributed by atoms with Gasteiger partial charge in [0.05, 0.1) is 10.6 Å². The fourth-order valence-corrected chi connectivity index (χ4v) is 4.02. The fraction of sp³-hybridized carbons (Fsp3) is 0.100. The van der Waals surface area contributed by atoms with Gasteiger partial charge in [0.2, 0.25) is 0 Å². The summed E-state index contributed by atoms with van der Waals surface area (Å²) in [5.74, 6) is 0. The van der Waals surface area contributed by atoms with Crippen molar-refractivity contribution in [3.05, 3.63) is 79.7 Å². The maximum absolute atomic E-state index is 13.6. The molecule has 0 aromatic heterocycles. The Balaban J connectivity index is 2.35. The van der Waals surface area contributed by atoms with E-state index in [4.69, 9.17) is 46.4 Å². The molecule has 0 spiro atoms.